The number of anilines is 1. The fourth-order valence-electron chi connectivity index (χ4n) is 2.74. The van der Waals surface area contributed by atoms with E-state index in [4.69, 9.17) is 4.74 Å². The minimum atomic E-state index is -0.124. The van der Waals surface area contributed by atoms with E-state index in [1.807, 2.05) is 19.1 Å². The maximum atomic E-state index is 9.76. The van der Waals surface area contributed by atoms with Crippen molar-refractivity contribution in [1.82, 2.24) is 0 Å². The predicted molar refractivity (Wildman–Crippen MR) is 85.0 cm³/mol. The van der Waals surface area contributed by atoms with Crippen LogP contribution in [0, 0.1) is 6.92 Å². The molecule has 2 N–H and O–H groups in total. The lowest BCUT2D eigenvalue weighted by molar-refractivity contribution is 0.137. The molecule has 0 fully saturated rings. The van der Waals surface area contributed by atoms with Gasteiger partial charge in [-0.1, -0.05) is 24.3 Å². The van der Waals surface area contributed by atoms with E-state index in [2.05, 4.69) is 37.4 Å². The van der Waals surface area contributed by atoms with Gasteiger partial charge in [-0.3, -0.25) is 0 Å². The van der Waals surface area contributed by atoms with Gasteiger partial charge in [-0.15, -0.1) is 0 Å². The molecule has 1 aliphatic rings. The number of aromatic hydroxyl groups is 1. The molecule has 0 atom stereocenters. The lowest BCUT2D eigenvalue weighted by Gasteiger charge is -2.18. The Balaban J connectivity index is 1.78. The molecule has 3 rings (SSSR count). The summed E-state index contributed by atoms with van der Waals surface area (Å²) in [5, 5.41) is 13.1. The first kappa shape index (κ1) is 13.8. The molecule has 0 saturated heterocycles. The van der Waals surface area contributed by atoms with Crippen molar-refractivity contribution in [2.45, 2.75) is 39.3 Å². The first-order chi connectivity index (χ1) is 9.94. The van der Waals surface area contributed by atoms with Crippen molar-refractivity contribution in [3.8, 4) is 11.5 Å². The first-order valence-electron chi connectivity index (χ1n) is 7.28. The van der Waals surface area contributed by atoms with Crippen LogP contribution < -0.4 is 10.1 Å². The van der Waals surface area contributed by atoms with Crippen LogP contribution in [-0.2, 0) is 13.0 Å². The van der Waals surface area contributed by atoms with Gasteiger partial charge in [0.25, 0.3) is 0 Å². The quantitative estimate of drug-likeness (QED) is 0.893. The minimum absolute atomic E-state index is 0.124. The van der Waals surface area contributed by atoms with Gasteiger partial charge in [0.2, 0.25) is 0 Å². The Morgan fingerprint density at radius 3 is 2.81 bits per heavy atom. The smallest absolute Gasteiger partial charge is 0.128 e. The van der Waals surface area contributed by atoms with Crippen molar-refractivity contribution in [2.75, 3.05) is 5.32 Å². The number of rotatable bonds is 3. The highest BCUT2D eigenvalue weighted by molar-refractivity contribution is 5.53. The number of phenolic OH excluding ortho intramolecular Hbond substituents is 1. The van der Waals surface area contributed by atoms with Gasteiger partial charge < -0.3 is 15.2 Å². The number of hydrogen-bond acceptors (Lipinski definition) is 3. The fourth-order valence-corrected chi connectivity index (χ4v) is 2.74. The predicted octanol–water partition coefficient (Wildman–Crippen LogP) is 4.03. The van der Waals surface area contributed by atoms with Crippen LogP contribution in [-0.4, -0.2) is 10.7 Å². The Hall–Kier alpha value is -2.16. The van der Waals surface area contributed by atoms with Crippen LogP contribution in [0.3, 0.4) is 0 Å². The molecule has 0 bridgehead atoms. The van der Waals surface area contributed by atoms with Crippen molar-refractivity contribution in [3.63, 3.8) is 0 Å². The van der Waals surface area contributed by atoms with E-state index in [0.717, 1.165) is 29.0 Å². The molecular formula is C18H21NO2. The summed E-state index contributed by atoms with van der Waals surface area (Å²) in [6, 6.07) is 11.9. The van der Waals surface area contributed by atoms with Crippen LogP contribution in [0.25, 0.3) is 0 Å². The summed E-state index contributed by atoms with van der Waals surface area (Å²) >= 11 is 0. The van der Waals surface area contributed by atoms with Gasteiger partial charge in [0.05, 0.1) is 0 Å². The van der Waals surface area contributed by atoms with E-state index in [1.54, 1.807) is 6.07 Å². The molecule has 2 aromatic carbocycles. The SMILES string of the molecule is Cc1ccc(NCc2cccc3c2OC(C)(C)C3)cc1O. The monoisotopic (exact) mass is 283 g/mol. The second kappa shape index (κ2) is 4.99. The molecule has 21 heavy (non-hydrogen) atoms. The van der Waals surface area contributed by atoms with Crippen LogP contribution in [0.5, 0.6) is 11.5 Å². The average molecular weight is 283 g/mol. The number of hydrogen-bond donors (Lipinski definition) is 2. The highest BCUT2D eigenvalue weighted by Gasteiger charge is 2.31. The molecule has 2 aromatic rings. The Bertz CT molecular complexity index is 677. The lowest BCUT2D eigenvalue weighted by Crippen LogP contribution is -2.25. The molecule has 0 radical (unpaired) electrons. The lowest BCUT2D eigenvalue weighted by atomic mass is 10.0. The summed E-state index contributed by atoms with van der Waals surface area (Å²) in [6.45, 7) is 6.80. The van der Waals surface area contributed by atoms with E-state index in [9.17, 15) is 5.11 Å². The molecular weight excluding hydrogens is 262 g/mol. The van der Waals surface area contributed by atoms with Crippen molar-refractivity contribution in [3.05, 3.63) is 53.1 Å². The zero-order chi connectivity index (χ0) is 15.0. The van der Waals surface area contributed by atoms with Gasteiger partial charge in [-0.2, -0.15) is 0 Å². The molecule has 1 heterocycles. The Kier molecular flexibility index (Phi) is 3.28. The molecule has 0 amide bonds. The standard InChI is InChI=1S/C18H21NO2/c1-12-7-8-15(9-16(12)20)19-11-14-6-4-5-13-10-18(2,3)21-17(13)14/h4-9,19-20H,10-11H2,1-3H3. The van der Waals surface area contributed by atoms with Crippen LogP contribution in [0.1, 0.15) is 30.5 Å². The van der Waals surface area contributed by atoms with Gasteiger partial charge in [-0.05, 0) is 38.0 Å². The van der Waals surface area contributed by atoms with E-state index in [-0.39, 0.29) is 5.60 Å². The zero-order valence-electron chi connectivity index (χ0n) is 12.7. The van der Waals surface area contributed by atoms with Crippen molar-refractivity contribution < 1.29 is 9.84 Å². The summed E-state index contributed by atoms with van der Waals surface area (Å²) in [6.07, 6.45) is 0.946. The molecule has 3 nitrogen and oxygen atoms in total. The molecule has 0 saturated carbocycles. The fraction of sp³-hybridized carbons (Fsp3) is 0.333. The number of ether oxygens (including phenoxy) is 1. The van der Waals surface area contributed by atoms with Crippen LogP contribution in [0.2, 0.25) is 0 Å². The van der Waals surface area contributed by atoms with Crippen LogP contribution >= 0.6 is 0 Å². The summed E-state index contributed by atoms with van der Waals surface area (Å²) in [7, 11) is 0. The van der Waals surface area contributed by atoms with E-state index >= 15 is 0 Å². The van der Waals surface area contributed by atoms with Crippen molar-refractivity contribution in [1.29, 1.82) is 0 Å². The average Bonchev–Trinajstić information content (AvgIpc) is 2.74. The highest BCUT2D eigenvalue weighted by atomic mass is 16.5. The van der Waals surface area contributed by atoms with Crippen molar-refractivity contribution in [2.24, 2.45) is 0 Å². The number of nitrogens with one attached hydrogen (secondary N) is 1. The first-order valence-corrected chi connectivity index (χ1v) is 7.28. The molecule has 3 heteroatoms. The molecule has 1 aliphatic heterocycles. The maximum absolute atomic E-state index is 9.76. The molecule has 110 valence electrons. The Morgan fingerprint density at radius 2 is 2.05 bits per heavy atom. The molecule has 0 spiro atoms. The topological polar surface area (TPSA) is 41.5 Å². The van der Waals surface area contributed by atoms with E-state index in [0.29, 0.717) is 12.3 Å². The second-order valence-electron chi connectivity index (χ2n) is 6.30. The normalized spacial score (nSPS) is 15.4. The third kappa shape index (κ3) is 2.82. The van der Waals surface area contributed by atoms with Gasteiger partial charge in [0.1, 0.15) is 17.1 Å². The second-order valence-corrected chi connectivity index (χ2v) is 6.30. The minimum Gasteiger partial charge on any atom is -0.508 e. The maximum Gasteiger partial charge on any atom is 0.128 e. The third-order valence-corrected chi connectivity index (χ3v) is 3.86. The highest BCUT2D eigenvalue weighted by Crippen LogP contribution is 2.37. The third-order valence-electron chi connectivity index (χ3n) is 3.86. The number of para-hydroxylation sites is 1. The number of phenols is 1. The molecule has 0 aromatic heterocycles. The number of aryl methyl sites for hydroxylation is 1. The largest absolute Gasteiger partial charge is 0.508 e. The summed E-state index contributed by atoms with van der Waals surface area (Å²) < 4.78 is 6.07. The Morgan fingerprint density at radius 1 is 1.24 bits per heavy atom. The van der Waals surface area contributed by atoms with E-state index in [1.165, 1.54) is 5.56 Å². The number of fused-ring (bicyclic) bond motifs is 1. The van der Waals surface area contributed by atoms with Crippen LogP contribution in [0.15, 0.2) is 36.4 Å². The van der Waals surface area contributed by atoms with Crippen LogP contribution in [0.4, 0.5) is 5.69 Å². The zero-order valence-corrected chi connectivity index (χ0v) is 12.7. The van der Waals surface area contributed by atoms with Gasteiger partial charge >= 0.3 is 0 Å². The summed E-state index contributed by atoms with van der Waals surface area (Å²) in [4.78, 5) is 0. The summed E-state index contributed by atoms with van der Waals surface area (Å²) in [5.74, 6) is 1.32. The molecule has 0 aliphatic carbocycles. The van der Waals surface area contributed by atoms with E-state index < -0.39 is 0 Å². The number of benzene rings is 2. The van der Waals surface area contributed by atoms with Gasteiger partial charge in [0, 0.05) is 30.3 Å². The molecule has 0 unspecified atom stereocenters. The van der Waals surface area contributed by atoms with Gasteiger partial charge in [0.15, 0.2) is 0 Å². The summed E-state index contributed by atoms with van der Waals surface area (Å²) in [5.41, 5.74) is 4.09. The Labute approximate surface area is 125 Å². The van der Waals surface area contributed by atoms with Crippen molar-refractivity contribution >= 4 is 5.69 Å². The van der Waals surface area contributed by atoms with Gasteiger partial charge in [-0.25, -0.2) is 0 Å².